The van der Waals surface area contributed by atoms with Crippen molar-refractivity contribution in [1.82, 2.24) is 0 Å². The van der Waals surface area contributed by atoms with Crippen molar-refractivity contribution in [2.24, 2.45) is 10.2 Å². The van der Waals surface area contributed by atoms with E-state index in [2.05, 4.69) is 31.7 Å². The Morgan fingerprint density at radius 3 is 1.57 bits per heavy atom. The lowest BCUT2D eigenvalue weighted by atomic mass is 9.94. The molecule has 0 heterocycles. The van der Waals surface area contributed by atoms with E-state index in [1.54, 1.807) is 19.1 Å². The second-order valence-electron chi connectivity index (χ2n) is 13.5. The smallest absolute Gasteiger partial charge is 0.308 e. The van der Waals surface area contributed by atoms with Crippen LogP contribution >= 0.6 is 0 Å². The summed E-state index contributed by atoms with van der Waals surface area (Å²) in [7, 11) is -14.4. The molecule has 2 amide bonds. The van der Waals surface area contributed by atoms with Crippen molar-refractivity contribution in [3.8, 4) is 0 Å². The Bertz CT molecular complexity index is 3210. The lowest BCUT2D eigenvalue weighted by molar-refractivity contribution is 0.105. The number of carbonyl (C=O) groups is 3. The highest BCUT2D eigenvalue weighted by Gasteiger charge is 2.34. The van der Waals surface area contributed by atoms with E-state index in [1.807, 2.05) is 13.0 Å². The number of urea groups is 1. The fourth-order valence-corrected chi connectivity index (χ4v) is 8.19. The van der Waals surface area contributed by atoms with Crippen molar-refractivity contribution in [3.05, 3.63) is 134 Å². The lowest BCUT2D eigenvalue weighted by Crippen LogP contribution is -2.27. The number of ketones is 2. The summed E-state index contributed by atoms with van der Waals surface area (Å²) in [5.74, 6) is -1.71. The number of nitrogens with one attached hydrogen (secondary N) is 4. The molecule has 2 aliphatic rings. The Kier molecular flexibility index (Phi) is 10.6. The molecule has 0 saturated heterocycles. The van der Waals surface area contributed by atoms with Crippen LogP contribution in [0.15, 0.2) is 116 Å². The highest BCUT2D eigenvalue weighted by Crippen LogP contribution is 2.31. The minimum Gasteiger partial charge on any atom is -0.308 e. The van der Waals surface area contributed by atoms with Gasteiger partial charge in [-0.25, -0.2) is 4.79 Å². The fourth-order valence-electron chi connectivity index (χ4n) is 6.36. The van der Waals surface area contributed by atoms with Crippen LogP contribution in [0.25, 0.3) is 22.9 Å². The van der Waals surface area contributed by atoms with Crippen molar-refractivity contribution in [2.45, 2.75) is 18.7 Å². The van der Waals surface area contributed by atoms with Gasteiger partial charge in [-0.1, -0.05) is 29.8 Å². The summed E-state index contributed by atoms with van der Waals surface area (Å²) in [5.41, 5.74) is 6.78. The van der Waals surface area contributed by atoms with E-state index in [-0.39, 0.29) is 44.2 Å². The Hall–Kier alpha value is -6.88. The number of hydrogen-bond acceptors (Lipinski definition) is 13. The van der Waals surface area contributed by atoms with Crippen molar-refractivity contribution in [1.29, 1.82) is 0 Å². The summed E-state index contributed by atoms with van der Waals surface area (Å²) in [6, 6.07) is 20.7. The summed E-state index contributed by atoms with van der Waals surface area (Å²) in [6.07, 6.45) is 2.03. The first-order chi connectivity index (χ1) is 28.2. The van der Waals surface area contributed by atoms with Crippen LogP contribution in [0.3, 0.4) is 0 Å². The van der Waals surface area contributed by atoms with Gasteiger partial charge in [0.15, 0.2) is 11.4 Å². The predicted molar refractivity (Wildman–Crippen MR) is 225 cm³/mol. The Morgan fingerprint density at radius 1 is 0.550 bits per heavy atom. The van der Waals surface area contributed by atoms with Crippen molar-refractivity contribution in [2.75, 3.05) is 21.5 Å². The van der Waals surface area contributed by atoms with E-state index in [0.29, 0.717) is 16.5 Å². The van der Waals surface area contributed by atoms with Crippen molar-refractivity contribution < 1.29 is 53.3 Å². The molecule has 0 unspecified atom stereocenters. The molecular weight excluding hydrogens is 841 g/mol. The molecular formula is C39H30N6O12S3. The Labute approximate surface area is 341 Å². The van der Waals surface area contributed by atoms with Crippen LogP contribution in [0.1, 0.15) is 43.0 Å². The molecule has 0 fully saturated rings. The summed E-state index contributed by atoms with van der Waals surface area (Å²) in [6.45, 7) is 3.67. The van der Waals surface area contributed by atoms with E-state index in [0.717, 1.165) is 23.3 Å². The zero-order chi connectivity index (χ0) is 43.3. The maximum Gasteiger partial charge on any atom is 0.323 e. The van der Waals surface area contributed by atoms with Gasteiger partial charge in [0.1, 0.15) is 9.81 Å². The van der Waals surface area contributed by atoms with Crippen LogP contribution in [0.5, 0.6) is 0 Å². The first-order valence-corrected chi connectivity index (χ1v) is 21.6. The van der Waals surface area contributed by atoms with Crippen LogP contribution in [0.2, 0.25) is 0 Å². The Morgan fingerprint density at radius 2 is 1.05 bits per heavy atom. The van der Waals surface area contributed by atoms with Crippen molar-refractivity contribution in [3.63, 3.8) is 0 Å². The number of hydrazone groups is 2. The molecule has 18 nitrogen and oxygen atoms in total. The minimum absolute atomic E-state index is 0.00406. The third kappa shape index (κ3) is 8.61. The molecule has 0 aliphatic heterocycles. The van der Waals surface area contributed by atoms with E-state index in [4.69, 9.17) is 0 Å². The van der Waals surface area contributed by atoms with E-state index >= 15 is 0 Å². The summed E-state index contributed by atoms with van der Waals surface area (Å²) >= 11 is 0. The zero-order valence-electron chi connectivity index (χ0n) is 31.0. The van der Waals surface area contributed by atoms with Gasteiger partial charge in [0, 0.05) is 22.5 Å². The van der Waals surface area contributed by atoms with Gasteiger partial charge < -0.3 is 10.6 Å². The number of rotatable bonds is 9. The van der Waals surface area contributed by atoms with Crippen LogP contribution in [0, 0.1) is 13.8 Å². The molecule has 60 heavy (non-hydrogen) atoms. The van der Waals surface area contributed by atoms with Crippen LogP contribution in [-0.4, -0.2) is 67.9 Å². The molecule has 2 aliphatic carbocycles. The maximum atomic E-state index is 13.5. The van der Waals surface area contributed by atoms with Crippen molar-refractivity contribution >= 4 is 105 Å². The molecule has 5 aromatic carbocycles. The Balaban J connectivity index is 1.09. The van der Waals surface area contributed by atoms with Crippen LogP contribution in [0.4, 0.5) is 27.5 Å². The van der Waals surface area contributed by atoms with Gasteiger partial charge in [0.05, 0.1) is 16.3 Å². The molecule has 7 rings (SSSR count). The van der Waals surface area contributed by atoms with E-state index in [1.165, 1.54) is 72.8 Å². The quantitative estimate of drug-likeness (QED) is 0.0648. The largest absolute Gasteiger partial charge is 0.323 e. The second kappa shape index (κ2) is 15.4. The van der Waals surface area contributed by atoms with Gasteiger partial charge in [-0.2, -0.15) is 35.5 Å². The van der Waals surface area contributed by atoms with Gasteiger partial charge in [0.25, 0.3) is 30.4 Å². The van der Waals surface area contributed by atoms with Gasteiger partial charge in [0.2, 0.25) is 11.6 Å². The number of amides is 2. The number of allylic oxidation sites excluding steroid dienone is 2. The summed E-state index contributed by atoms with van der Waals surface area (Å²) < 4.78 is 102. The van der Waals surface area contributed by atoms with E-state index < -0.39 is 69.2 Å². The summed E-state index contributed by atoms with van der Waals surface area (Å²) in [4.78, 5) is 38.1. The van der Waals surface area contributed by atoms with Gasteiger partial charge in [-0.05, 0) is 120 Å². The highest BCUT2D eigenvalue weighted by molar-refractivity contribution is 7.91. The molecule has 0 aromatic heterocycles. The fraction of sp³-hybridized carbons (Fsp3) is 0.0513. The highest BCUT2D eigenvalue weighted by atomic mass is 32.2. The molecule has 21 heteroatoms. The minimum atomic E-state index is -5.04. The summed E-state index contributed by atoms with van der Waals surface area (Å²) in [5, 5.41) is 14.0. The molecule has 0 spiro atoms. The number of nitrogens with zero attached hydrogens (tertiary/aromatic N) is 2. The monoisotopic (exact) mass is 870 g/mol. The van der Waals surface area contributed by atoms with Crippen LogP contribution < -0.4 is 21.5 Å². The number of anilines is 4. The number of carbonyl (C=O) groups excluding carboxylic acids is 3. The van der Waals surface area contributed by atoms with Gasteiger partial charge in [-0.15, -0.1) is 0 Å². The number of hydrogen-bond donors (Lipinski definition) is 7. The topological polar surface area (TPSA) is 287 Å². The van der Waals surface area contributed by atoms with Gasteiger partial charge >= 0.3 is 6.03 Å². The molecule has 0 atom stereocenters. The zero-order valence-corrected chi connectivity index (χ0v) is 33.4. The normalized spacial score (nSPS) is 15.6. The molecule has 7 N–H and O–H groups in total. The van der Waals surface area contributed by atoms with Gasteiger partial charge in [-0.3, -0.25) is 34.1 Å². The first kappa shape index (κ1) is 41.3. The molecule has 306 valence electrons. The number of benzene rings is 5. The average molecular weight is 871 g/mol. The SMILES string of the molecule is Cc1ccc(N/N=C2\C(=O)c3ccc(NC(=O)Nc4ccc5c(c4)C=C(S(=O)(=O)O)/C(=N\Nc4ccc6cc(S(=O)(=O)O)ccc6c4)C5=O)cc3C=C2S(=O)(=O)O)c(C)c1. The average Bonchev–Trinajstić information content (AvgIpc) is 3.16. The maximum absolute atomic E-state index is 13.5. The molecule has 0 saturated carbocycles. The molecule has 0 radical (unpaired) electrons. The third-order valence-electron chi connectivity index (χ3n) is 9.21. The predicted octanol–water partition coefficient (Wildman–Crippen LogP) is 6.13. The number of Topliss-reactive ketones (excluding diaryl/α,β-unsaturated/α-hetero) is 2. The molecule has 5 aromatic rings. The third-order valence-corrected chi connectivity index (χ3v) is 11.8. The number of fused-ring (bicyclic) bond motifs is 3. The number of aryl methyl sites for hydroxylation is 2. The van der Waals surface area contributed by atoms with E-state index in [9.17, 15) is 53.3 Å². The molecule has 0 bridgehead atoms. The second-order valence-corrected chi connectivity index (χ2v) is 17.7. The van der Waals surface area contributed by atoms with Crippen LogP contribution in [-0.2, 0) is 30.4 Å². The standard InChI is InChI=1S/C39H30N6O12S3/c1-20-3-12-32(21(2)13-20)43-45-36-34(60(55,56)57)19-25-16-27(8-11-31(25)38(36)47)41-39(48)40-26-7-10-30-24(15-26)18-33(59(52,53)54)35(37(30)46)44-42-28-6-4-23-17-29(58(49,50)51)9-5-22(23)14-28/h3-19,42-43H,1-2H3,(H2,40,41,48)(H,49,50,51)(H,52,53,54)(H,55,56,57)/b44-35+,45-36-. The lowest BCUT2D eigenvalue weighted by Gasteiger charge is -2.18. The first-order valence-electron chi connectivity index (χ1n) is 17.3.